The fourth-order valence-electron chi connectivity index (χ4n) is 2.65. The summed E-state index contributed by atoms with van der Waals surface area (Å²) in [4.78, 5) is 10.7. The number of aryl methyl sites for hydroxylation is 2. The third-order valence-electron chi connectivity index (χ3n) is 3.90. The van der Waals surface area contributed by atoms with Crippen LogP contribution in [0.4, 0.5) is 0 Å². The van der Waals surface area contributed by atoms with E-state index in [1.54, 1.807) is 12.4 Å². The number of hydrogen-bond donors (Lipinski definition) is 0. The molecule has 0 aliphatic carbocycles. The highest BCUT2D eigenvalue weighted by Gasteiger charge is 2.04. The summed E-state index contributed by atoms with van der Waals surface area (Å²) in [7, 11) is 2.13. The minimum atomic E-state index is 0.518. The molecule has 0 unspecified atom stereocenters. The van der Waals surface area contributed by atoms with E-state index in [0.717, 1.165) is 24.5 Å². The van der Waals surface area contributed by atoms with Crippen molar-refractivity contribution in [3.63, 3.8) is 0 Å². The summed E-state index contributed by atoms with van der Waals surface area (Å²) in [5, 5.41) is 0. The molecule has 0 radical (unpaired) electrons. The molecule has 1 heterocycles. The van der Waals surface area contributed by atoms with Gasteiger partial charge in [0.15, 0.2) is 0 Å². The summed E-state index contributed by atoms with van der Waals surface area (Å²) < 4.78 is 5.74. The zero-order chi connectivity index (χ0) is 17.6. The van der Waals surface area contributed by atoms with Crippen molar-refractivity contribution >= 4 is 0 Å². The van der Waals surface area contributed by atoms with Gasteiger partial charge in [-0.05, 0) is 44.2 Å². The quantitative estimate of drug-likeness (QED) is 0.665. The van der Waals surface area contributed by atoms with Crippen LogP contribution >= 0.6 is 0 Å². The van der Waals surface area contributed by atoms with E-state index in [9.17, 15) is 0 Å². The van der Waals surface area contributed by atoms with E-state index >= 15 is 0 Å². The molecular formula is C21H23N3O. The number of ether oxygens (including phenoxy) is 1. The molecule has 0 fully saturated rings. The van der Waals surface area contributed by atoms with Crippen LogP contribution in [0.15, 0.2) is 60.9 Å². The van der Waals surface area contributed by atoms with Crippen molar-refractivity contribution in [2.45, 2.75) is 26.9 Å². The van der Waals surface area contributed by atoms with Crippen molar-refractivity contribution in [1.29, 1.82) is 0 Å². The number of rotatable bonds is 6. The Morgan fingerprint density at radius 3 is 2.04 bits per heavy atom. The van der Waals surface area contributed by atoms with Crippen molar-refractivity contribution in [3.05, 3.63) is 83.3 Å². The van der Waals surface area contributed by atoms with Gasteiger partial charge in [-0.2, -0.15) is 0 Å². The Labute approximate surface area is 149 Å². The van der Waals surface area contributed by atoms with Gasteiger partial charge in [0.2, 0.25) is 5.88 Å². The van der Waals surface area contributed by atoms with E-state index in [1.807, 2.05) is 19.1 Å². The average molecular weight is 333 g/mol. The molecule has 0 N–H and O–H groups in total. The van der Waals surface area contributed by atoms with E-state index < -0.39 is 0 Å². The molecule has 3 aromatic rings. The SMILES string of the molecule is Cc1ccc(CN(C)Cc2ccc(Oc3cncc(C)n3)cc2)cc1. The highest BCUT2D eigenvalue weighted by atomic mass is 16.5. The largest absolute Gasteiger partial charge is 0.437 e. The minimum Gasteiger partial charge on any atom is -0.437 e. The molecular weight excluding hydrogens is 310 g/mol. The first kappa shape index (κ1) is 17.1. The predicted molar refractivity (Wildman–Crippen MR) is 99.6 cm³/mol. The van der Waals surface area contributed by atoms with Crippen LogP contribution in [0.1, 0.15) is 22.4 Å². The number of aromatic nitrogens is 2. The smallest absolute Gasteiger partial charge is 0.238 e. The van der Waals surface area contributed by atoms with Crippen molar-refractivity contribution in [1.82, 2.24) is 14.9 Å². The molecule has 0 saturated carbocycles. The molecule has 0 amide bonds. The van der Waals surface area contributed by atoms with E-state index in [0.29, 0.717) is 5.88 Å². The summed E-state index contributed by atoms with van der Waals surface area (Å²) in [6, 6.07) is 16.8. The van der Waals surface area contributed by atoms with E-state index in [-0.39, 0.29) is 0 Å². The zero-order valence-corrected chi connectivity index (χ0v) is 14.9. The Balaban J connectivity index is 1.57. The second-order valence-corrected chi connectivity index (χ2v) is 6.40. The van der Waals surface area contributed by atoms with Crippen LogP contribution in [0.25, 0.3) is 0 Å². The molecule has 4 nitrogen and oxygen atoms in total. The van der Waals surface area contributed by atoms with Gasteiger partial charge in [-0.1, -0.05) is 42.0 Å². The van der Waals surface area contributed by atoms with Crippen LogP contribution in [-0.2, 0) is 13.1 Å². The van der Waals surface area contributed by atoms with E-state index in [1.165, 1.54) is 16.7 Å². The van der Waals surface area contributed by atoms with Crippen LogP contribution in [0.2, 0.25) is 0 Å². The molecule has 0 aliphatic heterocycles. The lowest BCUT2D eigenvalue weighted by atomic mass is 10.1. The van der Waals surface area contributed by atoms with E-state index in [2.05, 4.69) is 65.2 Å². The first-order valence-corrected chi connectivity index (χ1v) is 8.38. The Morgan fingerprint density at radius 1 is 0.840 bits per heavy atom. The summed E-state index contributed by atoms with van der Waals surface area (Å²) in [6.07, 6.45) is 3.33. The maximum absolute atomic E-state index is 5.74. The molecule has 0 bridgehead atoms. The first-order valence-electron chi connectivity index (χ1n) is 8.38. The molecule has 0 atom stereocenters. The highest BCUT2D eigenvalue weighted by molar-refractivity contribution is 5.30. The second kappa shape index (κ2) is 7.90. The lowest BCUT2D eigenvalue weighted by Crippen LogP contribution is -2.17. The maximum Gasteiger partial charge on any atom is 0.238 e. The van der Waals surface area contributed by atoms with Crippen molar-refractivity contribution in [2.75, 3.05) is 7.05 Å². The van der Waals surface area contributed by atoms with Crippen LogP contribution < -0.4 is 4.74 Å². The van der Waals surface area contributed by atoms with E-state index in [4.69, 9.17) is 4.74 Å². The van der Waals surface area contributed by atoms with Gasteiger partial charge in [0, 0.05) is 19.3 Å². The Bertz CT molecular complexity index is 813. The Kier molecular flexibility index (Phi) is 5.41. The second-order valence-electron chi connectivity index (χ2n) is 6.40. The number of hydrogen-bond acceptors (Lipinski definition) is 4. The van der Waals surface area contributed by atoms with Crippen molar-refractivity contribution < 1.29 is 4.74 Å². The van der Waals surface area contributed by atoms with Crippen LogP contribution in [0.5, 0.6) is 11.6 Å². The average Bonchev–Trinajstić information content (AvgIpc) is 2.59. The Hall–Kier alpha value is -2.72. The maximum atomic E-state index is 5.74. The molecule has 0 saturated heterocycles. The van der Waals surface area contributed by atoms with Gasteiger partial charge >= 0.3 is 0 Å². The molecule has 25 heavy (non-hydrogen) atoms. The Morgan fingerprint density at radius 2 is 1.44 bits per heavy atom. The number of nitrogens with zero attached hydrogens (tertiary/aromatic N) is 3. The van der Waals surface area contributed by atoms with Gasteiger partial charge in [0.05, 0.1) is 11.9 Å². The van der Waals surface area contributed by atoms with Gasteiger partial charge < -0.3 is 4.74 Å². The van der Waals surface area contributed by atoms with Crippen LogP contribution in [0.3, 0.4) is 0 Å². The molecule has 2 aromatic carbocycles. The lowest BCUT2D eigenvalue weighted by Gasteiger charge is -2.17. The summed E-state index contributed by atoms with van der Waals surface area (Å²) in [5.41, 5.74) is 4.70. The summed E-state index contributed by atoms with van der Waals surface area (Å²) in [6.45, 7) is 5.82. The molecule has 0 spiro atoms. The molecule has 128 valence electrons. The fraction of sp³-hybridized carbons (Fsp3) is 0.238. The number of benzene rings is 2. The third-order valence-corrected chi connectivity index (χ3v) is 3.90. The summed E-state index contributed by atoms with van der Waals surface area (Å²) >= 11 is 0. The molecule has 0 aliphatic rings. The standard InChI is InChI=1S/C21H23N3O/c1-16-4-6-18(7-5-16)14-24(3)15-19-8-10-20(11-9-19)25-21-13-22-12-17(2)23-21/h4-13H,14-15H2,1-3H3. The zero-order valence-electron chi connectivity index (χ0n) is 14.9. The summed E-state index contributed by atoms with van der Waals surface area (Å²) in [5.74, 6) is 1.29. The topological polar surface area (TPSA) is 38.2 Å². The molecule has 3 rings (SSSR count). The van der Waals surface area contributed by atoms with Crippen LogP contribution in [-0.4, -0.2) is 21.9 Å². The highest BCUT2D eigenvalue weighted by Crippen LogP contribution is 2.20. The van der Waals surface area contributed by atoms with Crippen LogP contribution in [0, 0.1) is 13.8 Å². The predicted octanol–water partition coefficient (Wildman–Crippen LogP) is 4.52. The minimum absolute atomic E-state index is 0.518. The third kappa shape index (κ3) is 5.13. The van der Waals surface area contributed by atoms with Gasteiger partial charge in [-0.25, -0.2) is 4.98 Å². The van der Waals surface area contributed by atoms with Crippen molar-refractivity contribution in [2.24, 2.45) is 0 Å². The van der Waals surface area contributed by atoms with Gasteiger partial charge in [0.25, 0.3) is 0 Å². The molecule has 1 aromatic heterocycles. The molecule has 4 heteroatoms. The van der Waals surface area contributed by atoms with Gasteiger partial charge in [-0.3, -0.25) is 9.88 Å². The van der Waals surface area contributed by atoms with Gasteiger partial charge in [0.1, 0.15) is 5.75 Å². The lowest BCUT2D eigenvalue weighted by molar-refractivity contribution is 0.319. The first-order chi connectivity index (χ1) is 12.1. The van der Waals surface area contributed by atoms with Gasteiger partial charge in [-0.15, -0.1) is 0 Å². The van der Waals surface area contributed by atoms with Crippen molar-refractivity contribution in [3.8, 4) is 11.6 Å². The monoisotopic (exact) mass is 333 g/mol. The normalized spacial score (nSPS) is 10.9. The fourth-order valence-corrected chi connectivity index (χ4v) is 2.65.